The van der Waals surface area contributed by atoms with E-state index in [0.29, 0.717) is 23.4 Å². The van der Waals surface area contributed by atoms with Crippen molar-refractivity contribution in [1.82, 2.24) is 5.32 Å². The van der Waals surface area contributed by atoms with Crippen molar-refractivity contribution in [2.24, 2.45) is 0 Å². The average Bonchev–Trinajstić information content (AvgIpc) is 2.36. The van der Waals surface area contributed by atoms with Crippen LogP contribution in [0.5, 0.6) is 5.75 Å². The molecule has 0 aliphatic carbocycles. The van der Waals surface area contributed by atoms with E-state index in [1.54, 1.807) is 25.1 Å². The van der Waals surface area contributed by atoms with Gasteiger partial charge in [-0.3, -0.25) is 0 Å². The lowest BCUT2D eigenvalue weighted by atomic mass is 10.2. The number of rotatable bonds is 6. The molecule has 5 heteroatoms. The van der Waals surface area contributed by atoms with Gasteiger partial charge in [0.15, 0.2) is 6.10 Å². The summed E-state index contributed by atoms with van der Waals surface area (Å²) in [6.07, 6.45) is -0.665. The fourth-order valence-electron chi connectivity index (χ4n) is 1.53. The summed E-state index contributed by atoms with van der Waals surface area (Å²) in [5, 5.41) is 3.89. The van der Waals surface area contributed by atoms with Crippen molar-refractivity contribution in [1.29, 1.82) is 0 Å². The van der Waals surface area contributed by atoms with Crippen molar-refractivity contribution in [2.45, 2.75) is 39.5 Å². The van der Waals surface area contributed by atoms with Crippen molar-refractivity contribution in [3.63, 3.8) is 0 Å². The zero-order valence-electron chi connectivity index (χ0n) is 11.7. The molecule has 1 aromatic rings. The monoisotopic (exact) mass is 285 g/mol. The predicted molar refractivity (Wildman–Crippen MR) is 75.5 cm³/mol. The Labute approximate surface area is 119 Å². The van der Waals surface area contributed by atoms with Gasteiger partial charge in [0.2, 0.25) is 0 Å². The molecule has 0 saturated heterocycles. The van der Waals surface area contributed by atoms with Gasteiger partial charge < -0.3 is 14.8 Å². The molecule has 0 heterocycles. The number of ether oxygens (including phenoxy) is 2. The second kappa shape index (κ2) is 7.36. The first-order valence-corrected chi connectivity index (χ1v) is 6.58. The van der Waals surface area contributed by atoms with Gasteiger partial charge in [0.25, 0.3) is 0 Å². The lowest BCUT2D eigenvalue weighted by molar-refractivity contribution is -0.147. The van der Waals surface area contributed by atoms with Crippen LogP contribution >= 0.6 is 11.6 Å². The van der Waals surface area contributed by atoms with E-state index in [1.807, 2.05) is 0 Å². The predicted octanol–water partition coefficient (Wildman–Crippen LogP) is 2.78. The number of carbonyl (C=O) groups excluding carboxylic acids is 1. The number of methoxy groups -OCH3 is 1. The molecule has 0 spiro atoms. The summed E-state index contributed by atoms with van der Waals surface area (Å²) in [4.78, 5) is 11.4. The highest BCUT2D eigenvalue weighted by molar-refractivity contribution is 6.31. The molecule has 19 heavy (non-hydrogen) atoms. The number of benzene rings is 1. The maximum absolute atomic E-state index is 11.4. The normalized spacial score (nSPS) is 12.3. The highest BCUT2D eigenvalue weighted by Crippen LogP contribution is 2.27. The van der Waals surface area contributed by atoms with Gasteiger partial charge in [-0.1, -0.05) is 31.5 Å². The van der Waals surface area contributed by atoms with Crippen LogP contribution < -0.4 is 10.1 Å². The molecular formula is C14H20ClNO3. The van der Waals surface area contributed by atoms with Crippen LogP contribution in [-0.2, 0) is 16.1 Å². The number of nitrogens with one attached hydrogen (secondary N) is 1. The van der Waals surface area contributed by atoms with E-state index in [4.69, 9.17) is 16.3 Å². The Bertz CT molecular complexity index is 435. The van der Waals surface area contributed by atoms with Crippen LogP contribution in [0, 0.1) is 0 Å². The summed E-state index contributed by atoms with van der Waals surface area (Å²) in [6.45, 7) is 6.33. The molecule has 0 bridgehead atoms. The molecule has 0 fully saturated rings. The maximum Gasteiger partial charge on any atom is 0.346 e. The molecule has 1 atom stereocenters. The van der Waals surface area contributed by atoms with Gasteiger partial charge in [0.05, 0.1) is 7.11 Å². The highest BCUT2D eigenvalue weighted by Gasteiger charge is 2.17. The first kappa shape index (κ1) is 15.8. The minimum Gasteiger partial charge on any atom is -0.479 e. The van der Waals surface area contributed by atoms with Crippen LogP contribution in [0.2, 0.25) is 5.02 Å². The largest absolute Gasteiger partial charge is 0.479 e. The third-order valence-electron chi connectivity index (χ3n) is 2.60. The molecule has 106 valence electrons. The zero-order chi connectivity index (χ0) is 14.4. The molecular weight excluding hydrogens is 266 g/mol. The van der Waals surface area contributed by atoms with Crippen molar-refractivity contribution < 1.29 is 14.3 Å². The molecule has 0 amide bonds. The molecule has 0 saturated carbocycles. The summed E-state index contributed by atoms with van der Waals surface area (Å²) in [7, 11) is 1.33. The Morgan fingerprint density at radius 2 is 2.05 bits per heavy atom. The summed E-state index contributed by atoms with van der Waals surface area (Å²) >= 11 is 6.17. The third-order valence-corrected chi connectivity index (χ3v) is 2.95. The number of carbonyl (C=O) groups is 1. The van der Waals surface area contributed by atoms with E-state index < -0.39 is 12.1 Å². The van der Waals surface area contributed by atoms with Crippen molar-refractivity contribution in [2.75, 3.05) is 7.11 Å². The van der Waals surface area contributed by atoms with Gasteiger partial charge in [-0.2, -0.15) is 0 Å². The van der Waals surface area contributed by atoms with E-state index in [-0.39, 0.29) is 0 Å². The smallest absolute Gasteiger partial charge is 0.346 e. The Morgan fingerprint density at radius 3 is 2.63 bits per heavy atom. The number of esters is 1. The van der Waals surface area contributed by atoms with Crippen molar-refractivity contribution in [3.8, 4) is 5.75 Å². The Morgan fingerprint density at radius 1 is 1.37 bits per heavy atom. The second-order valence-corrected chi connectivity index (χ2v) is 4.94. The Kier molecular flexibility index (Phi) is 6.12. The second-order valence-electron chi connectivity index (χ2n) is 4.54. The molecule has 0 radical (unpaired) electrons. The van der Waals surface area contributed by atoms with Gasteiger partial charge in [0, 0.05) is 23.2 Å². The van der Waals surface area contributed by atoms with E-state index in [2.05, 4.69) is 23.9 Å². The fraction of sp³-hybridized carbons (Fsp3) is 0.500. The lowest BCUT2D eigenvalue weighted by Crippen LogP contribution is -2.27. The maximum atomic E-state index is 11.4. The Balaban J connectivity index is 2.87. The molecule has 1 rings (SSSR count). The van der Waals surface area contributed by atoms with Crippen molar-refractivity contribution in [3.05, 3.63) is 28.8 Å². The lowest BCUT2D eigenvalue weighted by Gasteiger charge is -2.18. The van der Waals surface area contributed by atoms with E-state index in [0.717, 1.165) is 5.56 Å². The van der Waals surface area contributed by atoms with Crippen LogP contribution in [0.1, 0.15) is 26.3 Å². The first-order chi connectivity index (χ1) is 8.95. The van der Waals surface area contributed by atoms with Gasteiger partial charge in [-0.05, 0) is 19.1 Å². The quantitative estimate of drug-likeness (QED) is 0.817. The number of hydrogen-bond acceptors (Lipinski definition) is 4. The number of halogens is 1. The molecule has 1 aromatic carbocycles. The molecule has 1 unspecified atom stereocenters. The van der Waals surface area contributed by atoms with Crippen LogP contribution in [0.15, 0.2) is 18.2 Å². The topological polar surface area (TPSA) is 47.6 Å². The third kappa shape index (κ3) is 4.73. The first-order valence-electron chi connectivity index (χ1n) is 6.21. The molecule has 0 aromatic heterocycles. The Hall–Kier alpha value is -1.26. The standard InChI is InChI=1S/C14H20ClNO3/c1-9(2)16-8-11-12(15)6-5-7-13(11)19-10(3)14(17)18-4/h5-7,9-10,16H,8H2,1-4H3. The van der Waals surface area contributed by atoms with Crippen LogP contribution in [-0.4, -0.2) is 25.2 Å². The SMILES string of the molecule is COC(=O)C(C)Oc1cccc(Cl)c1CNC(C)C. The number of hydrogen-bond donors (Lipinski definition) is 1. The molecule has 0 aliphatic heterocycles. The van der Waals surface area contributed by atoms with Gasteiger partial charge in [-0.15, -0.1) is 0 Å². The average molecular weight is 286 g/mol. The van der Waals surface area contributed by atoms with E-state index in [1.165, 1.54) is 7.11 Å². The van der Waals surface area contributed by atoms with Gasteiger partial charge >= 0.3 is 5.97 Å². The highest BCUT2D eigenvalue weighted by atomic mass is 35.5. The van der Waals surface area contributed by atoms with Crippen LogP contribution in [0.4, 0.5) is 0 Å². The van der Waals surface area contributed by atoms with E-state index in [9.17, 15) is 4.79 Å². The van der Waals surface area contributed by atoms with Crippen LogP contribution in [0.3, 0.4) is 0 Å². The molecule has 4 nitrogen and oxygen atoms in total. The summed E-state index contributed by atoms with van der Waals surface area (Å²) < 4.78 is 10.3. The summed E-state index contributed by atoms with van der Waals surface area (Å²) in [5.41, 5.74) is 0.841. The zero-order valence-corrected chi connectivity index (χ0v) is 12.5. The van der Waals surface area contributed by atoms with Crippen LogP contribution in [0.25, 0.3) is 0 Å². The summed E-state index contributed by atoms with van der Waals surface area (Å²) in [5.74, 6) is 0.182. The van der Waals surface area contributed by atoms with E-state index >= 15 is 0 Å². The molecule has 1 N–H and O–H groups in total. The van der Waals surface area contributed by atoms with Gasteiger partial charge in [-0.25, -0.2) is 4.79 Å². The summed E-state index contributed by atoms with van der Waals surface area (Å²) in [6, 6.07) is 5.72. The van der Waals surface area contributed by atoms with Crippen molar-refractivity contribution >= 4 is 17.6 Å². The minimum atomic E-state index is -0.665. The molecule has 0 aliphatic rings. The van der Waals surface area contributed by atoms with Gasteiger partial charge in [0.1, 0.15) is 5.75 Å². The fourth-order valence-corrected chi connectivity index (χ4v) is 1.76. The minimum absolute atomic E-state index is 0.335.